The van der Waals surface area contributed by atoms with E-state index in [1.807, 2.05) is 0 Å². The maximum absolute atomic E-state index is 2.30. The highest BCUT2D eigenvalue weighted by atomic mass is 14.9. The fourth-order valence-corrected chi connectivity index (χ4v) is 2.68. The molecule has 2 heteroatoms. The van der Waals surface area contributed by atoms with Gasteiger partial charge in [0.25, 0.3) is 0 Å². The van der Waals surface area contributed by atoms with Crippen LogP contribution in [-0.4, -0.2) is 4.57 Å². The quantitative estimate of drug-likeness (QED) is 0.414. The van der Waals surface area contributed by atoms with Crippen molar-refractivity contribution >= 4 is 12.2 Å². The zero-order valence-corrected chi connectivity index (χ0v) is 14.7. The molecule has 0 amide bonds. The Morgan fingerprint density at radius 3 is 2.35 bits per heavy atom. The molecular formula is C21H31N2+. The molecule has 0 N–H and O–H groups in total. The van der Waals surface area contributed by atoms with Gasteiger partial charge in [-0.15, -0.1) is 0 Å². The maximum Gasteiger partial charge on any atom is 0.169 e. The minimum Gasteiger partial charge on any atom is -0.354 e. The van der Waals surface area contributed by atoms with E-state index in [9.17, 15) is 0 Å². The van der Waals surface area contributed by atoms with Gasteiger partial charge in [0.15, 0.2) is 12.4 Å². The molecule has 0 spiro atoms. The maximum atomic E-state index is 2.30. The molecule has 2 aromatic rings. The Morgan fingerprint density at radius 2 is 1.61 bits per heavy atom. The number of nitrogens with zero attached hydrogens (tertiary/aromatic N) is 2. The molecule has 2 rings (SSSR count). The van der Waals surface area contributed by atoms with Crippen LogP contribution in [0.5, 0.6) is 0 Å². The summed E-state index contributed by atoms with van der Waals surface area (Å²) in [5, 5.41) is 0. The molecule has 23 heavy (non-hydrogen) atoms. The fraction of sp³-hybridized carbons (Fsp3) is 0.476. The Balaban J connectivity index is 1.84. The zero-order valence-electron chi connectivity index (χ0n) is 14.7. The van der Waals surface area contributed by atoms with E-state index in [0.717, 1.165) is 13.1 Å². The molecule has 124 valence electrons. The van der Waals surface area contributed by atoms with Crippen molar-refractivity contribution in [1.82, 2.24) is 4.57 Å². The number of aromatic nitrogens is 2. The van der Waals surface area contributed by atoms with E-state index in [-0.39, 0.29) is 0 Å². The average molecular weight is 311 g/mol. The minimum atomic E-state index is 1.11. The molecule has 0 radical (unpaired) electrons. The van der Waals surface area contributed by atoms with Crippen molar-refractivity contribution in [1.29, 1.82) is 0 Å². The number of pyridine rings is 1. The molecule has 0 unspecified atom stereocenters. The molecular weight excluding hydrogens is 280 g/mol. The summed E-state index contributed by atoms with van der Waals surface area (Å²) in [6.07, 6.45) is 20.9. The van der Waals surface area contributed by atoms with Gasteiger partial charge in [0, 0.05) is 37.5 Å². The predicted molar refractivity (Wildman–Crippen MR) is 99.0 cm³/mol. The summed E-state index contributed by atoms with van der Waals surface area (Å²) in [4.78, 5) is 0. The Kier molecular flexibility index (Phi) is 7.65. The highest BCUT2D eigenvalue weighted by Gasteiger charge is 1.99. The first-order chi connectivity index (χ1) is 11.3. The molecule has 0 saturated carbocycles. The van der Waals surface area contributed by atoms with E-state index in [4.69, 9.17) is 0 Å². The van der Waals surface area contributed by atoms with Gasteiger partial charge in [0.1, 0.15) is 6.54 Å². The Morgan fingerprint density at radius 1 is 0.870 bits per heavy atom. The summed E-state index contributed by atoms with van der Waals surface area (Å²) < 4.78 is 4.56. The lowest BCUT2D eigenvalue weighted by atomic mass is 10.2. The summed E-state index contributed by atoms with van der Waals surface area (Å²) in [5.74, 6) is 0. The number of unbranched alkanes of at least 4 members (excludes halogenated alkanes) is 4. The van der Waals surface area contributed by atoms with Gasteiger partial charge in [0.05, 0.1) is 0 Å². The third-order valence-electron chi connectivity index (χ3n) is 4.20. The van der Waals surface area contributed by atoms with Crippen molar-refractivity contribution in [2.45, 2.75) is 65.5 Å². The molecule has 0 aliphatic rings. The van der Waals surface area contributed by atoms with Crippen molar-refractivity contribution in [3.05, 3.63) is 54.1 Å². The first-order valence-corrected chi connectivity index (χ1v) is 9.14. The lowest BCUT2D eigenvalue weighted by molar-refractivity contribution is -0.697. The van der Waals surface area contributed by atoms with Gasteiger partial charge in [-0.3, -0.25) is 0 Å². The second kappa shape index (κ2) is 10.0. The van der Waals surface area contributed by atoms with Gasteiger partial charge in [0.2, 0.25) is 0 Å². The average Bonchev–Trinajstić information content (AvgIpc) is 3.04. The Bertz CT molecular complexity index is 578. The van der Waals surface area contributed by atoms with E-state index < -0.39 is 0 Å². The second-order valence-corrected chi connectivity index (χ2v) is 6.30. The summed E-state index contributed by atoms with van der Waals surface area (Å²) in [5.41, 5.74) is 2.54. The molecule has 0 aliphatic heterocycles. The van der Waals surface area contributed by atoms with E-state index >= 15 is 0 Å². The van der Waals surface area contributed by atoms with Gasteiger partial charge in [-0.25, -0.2) is 4.57 Å². The van der Waals surface area contributed by atoms with Gasteiger partial charge in [-0.05, 0) is 23.6 Å². The summed E-state index contributed by atoms with van der Waals surface area (Å²) in [7, 11) is 0. The normalized spacial score (nSPS) is 11.4. The van der Waals surface area contributed by atoms with Crippen LogP contribution >= 0.6 is 0 Å². The standard InChI is InChI=1S/C21H31N2/c1-3-5-7-8-15-23-18-13-21(19-23)10-9-20-11-16-22(17-12-20)14-6-4-2/h9-13,16-19H,3-8,14-15H2,1-2H3/q+1. The Hall–Kier alpha value is -1.83. The summed E-state index contributed by atoms with van der Waals surface area (Å²) >= 11 is 0. The smallest absolute Gasteiger partial charge is 0.169 e. The van der Waals surface area contributed by atoms with Gasteiger partial charge < -0.3 is 4.57 Å². The highest BCUT2D eigenvalue weighted by Crippen LogP contribution is 2.09. The molecule has 2 heterocycles. The van der Waals surface area contributed by atoms with Crippen LogP contribution in [0.3, 0.4) is 0 Å². The SMILES string of the molecule is CCCCCCn1ccc(/C=C/c2cc[n+](CCCC)cc2)c1. The largest absolute Gasteiger partial charge is 0.354 e. The molecule has 0 atom stereocenters. The molecule has 0 fully saturated rings. The molecule has 0 aliphatic carbocycles. The van der Waals surface area contributed by atoms with Crippen LogP contribution in [0.4, 0.5) is 0 Å². The lowest BCUT2D eigenvalue weighted by Gasteiger charge is -2.01. The topological polar surface area (TPSA) is 8.81 Å². The number of hydrogen-bond acceptors (Lipinski definition) is 0. The van der Waals surface area contributed by atoms with Crippen LogP contribution < -0.4 is 4.57 Å². The fourth-order valence-electron chi connectivity index (χ4n) is 2.68. The van der Waals surface area contributed by atoms with Gasteiger partial charge >= 0.3 is 0 Å². The molecule has 0 aromatic carbocycles. The van der Waals surface area contributed by atoms with E-state index in [0.29, 0.717) is 0 Å². The number of rotatable bonds is 10. The molecule has 2 aromatic heterocycles. The summed E-state index contributed by atoms with van der Waals surface area (Å²) in [6.45, 7) is 6.74. The number of aryl methyl sites for hydroxylation is 2. The van der Waals surface area contributed by atoms with Crippen LogP contribution in [0.25, 0.3) is 12.2 Å². The predicted octanol–water partition coefficient (Wildman–Crippen LogP) is 5.33. The van der Waals surface area contributed by atoms with Gasteiger partial charge in [-0.2, -0.15) is 0 Å². The van der Waals surface area contributed by atoms with Crippen molar-refractivity contribution in [3.8, 4) is 0 Å². The van der Waals surface area contributed by atoms with Crippen LogP contribution in [0, 0.1) is 0 Å². The molecule has 0 saturated heterocycles. The highest BCUT2D eigenvalue weighted by molar-refractivity contribution is 5.68. The first kappa shape index (κ1) is 17.5. The van der Waals surface area contributed by atoms with Crippen LogP contribution in [0.15, 0.2) is 43.0 Å². The molecule has 2 nitrogen and oxygen atoms in total. The number of hydrogen-bond donors (Lipinski definition) is 0. The molecule has 0 bridgehead atoms. The zero-order chi connectivity index (χ0) is 16.3. The summed E-state index contributed by atoms with van der Waals surface area (Å²) in [6, 6.07) is 6.57. The minimum absolute atomic E-state index is 1.11. The van der Waals surface area contributed by atoms with E-state index in [2.05, 4.69) is 78.1 Å². The first-order valence-electron chi connectivity index (χ1n) is 9.14. The van der Waals surface area contributed by atoms with Crippen molar-refractivity contribution in [2.24, 2.45) is 0 Å². The van der Waals surface area contributed by atoms with Crippen LogP contribution in [0.1, 0.15) is 63.5 Å². The van der Waals surface area contributed by atoms with Gasteiger partial charge in [-0.1, -0.05) is 51.7 Å². The van der Waals surface area contributed by atoms with Crippen LogP contribution in [0.2, 0.25) is 0 Å². The van der Waals surface area contributed by atoms with Crippen molar-refractivity contribution in [3.63, 3.8) is 0 Å². The van der Waals surface area contributed by atoms with E-state index in [1.165, 1.54) is 49.7 Å². The monoisotopic (exact) mass is 311 g/mol. The lowest BCUT2D eigenvalue weighted by Crippen LogP contribution is -2.32. The van der Waals surface area contributed by atoms with Crippen LogP contribution in [-0.2, 0) is 13.1 Å². The second-order valence-electron chi connectivity index (χ2n) is 6.30. The van der Waals surface area contributed by atoms with E-state index in [1.54, 1.807) is 0 Å². The Labute approximate surface area is 141 Å². The van der Waals surface area contributed by atoms with Crippen molar-refractivity contribution in [2.75, 3.05) is 0 Å². The third kappa shape index (κ3) is 6.43. The third-order valence-corrected chi connectivity index (χ3v) is 4.20. The van der Waals surface area contributed by atoms with Crippen molar-refractivity contribution < 1.29 is 4.57 Å².